The maximum atomic E-state index is 13.7. The molecule has 6 aromatic carbocycles. The molecule has 7 amide bonds. The van der Waals surface area contributed by atoms with Crippen LogP contribution in [0.1, 0.15) is 135 Å². The summed E-state index contributed by atoms with van der Waals surface area (Å²) in [5.41, 5.74) is 19.7. The third-order valence-electron chi connectivity index (χ3n) is 20.0. The van der Waals surface area contributed by atoms with Gasteiger partial charge in [-0.15, -0.1) is 0 Å². The standard InChI is InChI=1S/C44H47N7O6S2.C23H29N5O2S2.C21H20N2O5.CH4/c1-44(2,59-58-6)26-46-41(53)36-19-29(24-49(36)3)27-13-15-30(16-14-27)48-42(54)37-20-31(25-50(37)4)47-40(52)12-9-17-57-39-22-34-33(21-38(39)56-5)43(55)51-32(23-45-34)18-28-10-7-8-11-35(28)51;1-23(2,32-31-5)14-25-21(29)19-10-16(12-27(19)3)15-6-8-18(9-7-15)26-22(30)20-11-17(24)13-28(20)4;1-27-18-10-15-16(11-19(18)28-8-4-7-20(24)25)22-12-14-9-13-5-2-3-6-17(13)23(14)21(15)26;/h7-8,10-11,13-16,19-25,32H,9,12,17-18,26H2,1-6H3,(H,46,53)(H,47,52)(H,48,54);6-13H,14,24H2,1-5H3,(H,25,29)(H,26,30);2-3,5-6,10-12,14H,4,7-9H2,1H3,(H,24,25);1H4/t32-;;14-;/m0.0./s1. The van der Waals surface area contributed by atoms with Crippen molar-refractivity contribution in [3.63, 3.8) is 0 Å². The van der Waals surface area contributed by atoms with Gasteiger partial charge in [-0.05, 0) is 148 Å². The molecule has 628 valence electrons. The lowest BCUT2D eigenvalue weighted by Crippen LogP contribution is -2.37. The van der Waals surface area contributed by atoms with Crippen molar-refractivity contribution in [2.75, 3.05) is 84.5 Å². The number of aliphatic carboxylic acids is 1. The lowest BCUT2D eigenvalue weighted by Gasteiger charge is -2.22. The van der Waals surface area contributed by atoms with Crippen LogP contribution in [-0.4, -0.2) is 158 Å². The van der Waals surface area contributed by atoms with E-state index in [0.717, 1.165) is 51.2 Å². The van der Waals surface area contributed by atoms with Crippen molar-refractivity contribution in [1.82, 2.24) is 28.9 Å². The van der Waals surface area contributed by atoms with E-state index in [4.69, 9.17) is 29.8 Å². The summed E-state index contributed by atoms with van der Waals surface area (Å²) in [6, 6.07) is 44.1. The molecule has 0 unspecified atom stereocenters. The number of nitrogens with two attached hydrogens (primary N) is 1. The van der Waals surface area contributed by atoms with Crippen molar-refractivity contribution in [3.05, 3.63) is 215 Å². The Bertz CT molecular complexity index is 5530. The number of carbonyl (C=O) groups is 8. The van der Waals surface area contributed by atoms with E-state index in [-0.39, 0.29) is 96.4 Å². The monoisotopic (exact) mass is 1700 g/mol. The molecule has 4 aromatic heterocycles. The summed E-state index contributed by atoms with van der Waals surface area (Å²) in [5, 5.41) is 23.5. The van der Waals surface area contributed by atoms with Crippen LogP contribution >= 0.6 is 43.2 Å². The number of hydrogen-bond donors (Lipinski definition) is 7. The quantitative estimate of drug-likeness (QED) is 0.0169. The zero-order valence-electron chi connectivity index (χ0n) is 68.2. The Kier molecular flexibility index (Phi) is 29.0. The molecule has 2 atom stereocenters. The number of nitrogen functional groups attached to an aromatic ring is 1. The van der Waals surface area contributed by atoms with Crippen molar-refractivity contribution in [2.45, 2.75) is 95.2 Å². The number of carboxylic acid groups (broad SMARTS) is 1. The van der Waals surface area contributed by atoms with Crippen LogP contribution in [0.3, 0.4) is 0 Å². The predicted octanol–water partition coefficient (Wildman–Crippen LogP) is 16.1. The number of methoxy groups -OCH3 is 2. The summed E-state index contributed by atoms with van der Waals surface area (Å²) in [4.78, 5) is 115. The smallest absolute Gasteiger partial charge is 0.303 e. The van der Waals surface area contributed by atoms with Gasteiger partial charge in [0.1, 0.15) is 22.8 Å². The van der Waals surface area contributed by atoms with Gasteiger partial charge in [0.05, 0.1) is 73.4 Å². The van der Waals surface area contributed by atoms with Crippen molar-refractivity contribution in [2.24, 2.45) is 38.2 Å². The minimum Gasteiger partial charge on any atom is -0.493 e. The van der Waals surface area contributed by atoms with E-state index in [1.807, 2.05) is 157 Å². The van der Waals surface area contributed by atoms with Crippen LogP contribution in [-0.2, 0) is 50.6 Å². The Balaban J connectivity index is 0.000000194. The number of benzene rings is 6. The molecule has 0 radical (unpaired) electrons. The first kappa shape index (κ1) is 88.7. The first-order valence-corrected chi connectivity index (χ1v) is 43.5. The topological polar surface area (TPSA) is 331 Å². The van der Waals surface area contributed by atoms with Crippen LogP contribution in [0.25, 0.3) is 22.3 Å². The number of nitrogens with zero attached hydrogens (tertiary/aromatic N) is 8. The highest BCUT2D eigenvalue weighted by molar-refractivity contribution is 8.77. The molecular weight excluding hydrogens is 1600 g/mol. The van der Waals surface area contributed by atoms with E-state index in [1.54, 1.807) is 137 Å². The number of carbonyl (C=O) groups excluding carboxylic acids is 7. The number of fused-ring (bicyclic) bond motifs is 8. The molecule has 14 rings (SSSR count). The summed E-state index contributed by atoms with van der Waals surface area (Å²) in [7, 11) is 17.1. The fourth-order valence-corrected chi connectivity index (χ4v) is 18.4. The zero-order chi connectivity index (χ0) is 85.0. The molecular formula is C89H100N14O13S4. The number of amides is 7. The molecule has 0 saturated heterocycles. The molecule has 0 aliphatic carbocycles. The lowest BCUT2D eigenvalue weighted by molar-refractivity contribution is -0.137. The molecule has 10 aromatic rings. The van der Waals surface area contributed by atoms with Crippen molar-refractivity contribution in [1.29, 1.82) is 0 Å². The first-order valence-electron chi connectivity index (χ1n) is 38.4. The zero-order valence-corrected chi connectivity index (χ0v) is 71.4. The second-order valence-corrected chi connectivity index (χ2v) is 36.2. The summed E-state index contributed by atoms with van der Waals surface area (Å²) in [6.07, 6.45) is 17.3. The van der Waals surface area contributed by atoms with Gasteiger partial charge in [0, 0.05) is 160 Å². The van der Waals surface area contributed by atoms with Crippen LogP contribution in [0.5, 0.6) is 23.0 Å². The van der Waals surface area contributed by atoms with Gasteiger partial charge in [-0.3, -0.25) is 58.1 Å². The summed E-state index contributed by atoms with van der Waals surface area (Å²) in [6.45, 7) is 10.0. The fraction of sp³-hybridized carbons (Fsp3) is 0.303. The molecule has 31 heteroatoms. The van der Waals surface area contributed by atoms with Crippen LogP contribution in [0.4, 0.5) is 45.5 Å². The van der Waals surface area contributed by atoms with Crippen molar-refractivity contribution < 1.29 is 62.4 Å². The Morgan fingerprint density at radius 2 is 0.900 bits per heavy atom. The molecule has 0 saturated carbocycles. The van der Waals surface area contributed by atoms with Crippen molar-refractivity contribution in [3.8, 4) is 45.3 Å². The summed E-state index contributed by atoms with van der Waals surface area (Å²) in [5.74, 6) is -0.457. The van der Waals surface area contributed by atoms with Gasteiger partial charge in [-0.25, -0.2) is 0 Å². The minimum atomic E-state index is -0.867. The van der Waals surface area contributed by atoms with Gasteiger partial charge in [0.25, 0.3) is 35.4 Å². The largest absolute Gasteiger partial charge is 0.493 e. The van der Waals surface area contributed by atoms with E-state index < -0.39 is 5.97 Å². The maximum absolute atomic E-state index is 13.7. The number of hydrogen-bond acceptors (Lipinski definition) is 19. The number of anilines is 6. The lowest BCUT2D eigenvalue weighted by atomic mass is 10.1. The van der Waals surface area contributed by atoms with Gasteiger partial charge in [0.2, 0.25) is 5.91 Å². The highest BCUT2D eigenvalue weighted by Gasteiger charge is 2.39. The average molecular weight is 1700 g/mol. The Morgan fingerprint density at radius 1 is 0.492 bits per heavy atom. The number of aryl methyl sites for hydroxylation is 4. The van der Waals surface area contributed by atoms with Crippen LogP contribution in [0.2, 0.25) is 0 Å². The predicted molar refractivity (Wildman–Crippen MR) is 484 cm³/mol. The number of para-hydroxylation sites is 2. The van der Waals surface area contributed by atoms with Gasteiger partial charge >= 0.3 is 5.97 Å². The van der Waals surface area contributed by atoms with Gasteiger partial charge in [0.15, 0.2) is 23.0 Å². The molecule has 8 N–H and O–H groups in total. The van der Waals surface area contributed by atoms with Gasteiger partial charge < -0.3 is 74.6 Å². The normalized spacial score (nSPS) is 14.0. The van der Waals surface area contributed by atoms with E-state index in [0.29, 0.717) is 123 Å². The third kappa shape index (κ3) is 21.3. The molecule has 4 aliphatic rings. The Morgan fingerprint density at radius 3 is 1.32 bits per heavy atom. The summed E-state index contributed by atoms with van der Waals surface area (Å²) >= 11 is 0. The molecule has 0 fully saturated rings. The second kappa shape index (κ2) is 39.2. The van der Waals surface area contributed by atoms with Crippen LogP contribution < -0.4 is 61.1 Å². The van der Waals surface area contributed by atoms with Gasteiger partial charge in [-0.1, -0.05) is 111 Å². The molecule has 8 heterocycles. The minimum absolute atomic E-state index is 0. The highest BCUT2D eigenvalue weighted by Crippen LogP contribution is 2.44. The third-order valence-corrected chi connectivity index (χ3v) is 25.3. The number of aliphatic imine (C=N–C) groups is 2. The average Bonchev–Trinajstić information content (AvgIpc) is 1.61. The molecule has 0 spiro atoms. The maximum Gasteiger partial charge on any atom is 0.303 e. The highest BCUT2D eigenvalue weighted by atomic mass is 33.1. The first-order chi connectivity index (χ1) is 57.0. The fourth-order valence-electron chi connectivity index (χ4n) is 14.2. The number of ether oxygens (including phenoxy) is 4. The van der Waals surface area contributed by atoms with Crippen LogP contribution in [0, 0.1) is 0 Å². The second-order valence-electron chi connectivity index (χ2n) is 30.0. The van der Waals surface area contributed by atoms with E-state index in [2.05, 4.69) is 64.3 Å². The van der Waals surface area contributed by atoms with Crippen molar-refractivity contribution >= 4 is 148 Å². The number of carboxylic acids is 1. The molecule has 0 bridgehead atoms. The molecule has 4 aliphatic heterocycles. The SMILES string of the molecule is C.COc1cc2c(cc1OCCCC(=O)Nc1cc(C(=O)Nc3ccc(-c4cc(C(=O)NCC(C)(C)SSC)n(C)c4)cc3)n(C)c1)N=C[C@@H]1Cc3ccccc3N1C2=O.COc1cc2c(cc1OCCCC(=O)O)N=C[C@@H]1Cc3ccccc3N1C2=O.CSSC(C)(C)CNC(=O)c1cc(-c2ccc(NC(=O)c3cc(N)cn3C)cc2)cn1C. The number of nitrogens with one attached hydrogen (secondary N) is 5. The van der Waals surface area contributed by atoms with E-state index in [9.17, 15) is 38.4 Å². The summed E-state index contributed by atoms with van der Waals surface area (Å²) < 4.78 is 29.5. The van der Waals surface area contributed by atoms with E-state index >= 15 is 0 Å². The van der Waals surface area contributed by atoms with Gasteiger partial charge in [-0.2, -0.15) is 0 Å². The number of rotatable bonds is 29. The van der Waals surface area contributed by atoms with Crippen LogP contribution in [0.15, 0.2) is 180 Å². The molecule has 27 nitrogen and oxygen atoms in total. The molecule has 120 heavy (non-hydrogen) atoms. The number of aromatic nitrogens is 4. The Labute approximate surface area is 713 Å². The van der Waals surface area contributed by atoms with E-state index in [1.165, 1.54) is 14.2 Å². The Hall–Kier alpha value is -12.1.